The number of hydrazone groups is 1. The Bertz CT molecular complexity index is 1470. The Morgan fingerprint density at radius 3 is 2.38 bits per heavy atom. The van der Waals surface area contributed by atoms with Crippen molar-refractivity contribution in [2.24, 2.45) is 5.10 Å². The van der Waals surface area contributed by atoms with Crippen LogP contribution >= 0.6 is 0 Å². The summed E-state index contributed by atoms with van der Waals surface area (Å²) in [5.74, 6) is 0.834. The summed E-state index contributed by atoms with van der Waals surface area (Å²) in [4.78, 5) is 4.29. The highest BCUT2D eigenvalue weighted by molar-refractivity contribution is 7.89. The topological polar surface area (TPSA) is 102 Å². The summed E-state index contributed by atoms with van der Waals surface area (Å²) in [7, 11) is -3.60. The first kappa shape index (κ1) is 26.0. The molecule has 2 aromatic carbocycles. The van der Waals surface area contributed by atoms with Crippen LogP contribution in [0, 0.1) is 12.7 Å². The molecule has 2 heterocycles. The molecule has 0 radical (unpaired) electrons. The Labute approximate surface area is 215 Å². The second-order valence-corrected chi connectivity index (χ2v) is 9.88. The molecule has 0 aliphatic carbocycles. The van der Waals surface area contributed by atoms with Gasteiger partial charge in [-0.25, -0.2) is 17.8 Å². The second-order valence-electron chi connectivity index (χ2n) is 7.95. The normalized spacial score (nSPS) is 11.8. The average molecular weight is 523 g/mol. The molecule has 0 saturated heterocycles. The third kappa shape index (κ3) is 5.84. The third-order valence-corrected chi connectivity index (χ3v) is 7.58. The summed E-state index contributed by atoms with van der Waals surface area (Å²) < 4.78 is 47.8. The molecule has 11 heteroatoms. The van der Waals surface area contributed by atoms with Gasteiger partial charge in [-0.3, -0.25) is 5.43 Å². The van der Waals surface area contributed by atoms with Crippen molar-refractivity contribution < 1.29 is 17.5 Å². The number of nitrogens with one attached hydrogen (secondary N) is 1. The van der Waals surface area contributed by atoms with E-state index in [0.29, 0.717) is 41.8 Å². The van der Waals surface area contributed by atoms with Crippen LogP contribution in [0.3, 0.4) is 0 Å². The van der Waals surface area contributed by atoms with Crippen molar-refractivity contribution in [2.75, 3.05) is 18.5 Å². The predicted octanol–water partition coefficient (Wildman–Crippen LogP) is 4.98. The minimum Gasteiger partial charge on any atom is -0.438 e. The molecule has 1 N–H and O–H groups in total. The number of nitrogens with zero attached hydrogens (tertiary/aromatic N) is 5. The van der Waals surface area contributed by atoms with Gasteiger partial charge in [-0.15, -0.1) is 0 Å². The first-order valence-electron chi connectivity index (χ1n) is 11.7. The summed E-state index contributed by atoms with van der Waals surface area (Å²) in [5.41, 5.74) is 4.84. The maximum absolute atomic E-state index is 13.4. The van der Waals surface area contributed by atoms with Crippen molar-refractivity contribution in [1.29, 1.82) is 0 Å². The fourth-order valence-corrected chi connectivity index (χ4v) is 5.00. The molecule has 0 saturated carbocycles. The van der Waals surface area contributed by atoms with Crippen LogP contribution in [-0.4, -0.2) is 46.8 Å². The summed E-state index contributed by atoms with van der Waals surface area (Å²) in [6, 6.07) is 18.2. The highest BCUT2D eigenvalue weighted by atomic mass is 32.2. The van der Waals surface area contributed by atoms with Crippen LogP contribution < -0.4 is 10.2 Å². The number of halogens is 1. The first-order valence-corrected chi connectivity index (χ1v) is 13.1. The standard InChI is InChI=1S/C26H27FN6O3S/c1-4-32(5-2)37(34,35)23-15-16-25(28-17-23)30-29-18-24-19(3)31-33(21-9-7-6-8-10-21)26(24)36-22-13-11-20(27)12-14-22/h6-18H,4-5H2,1-3H3,(H,28,30)/b29-18-. The van der Waals surface area contributed by atoms with E-state index in [2.05, 4.69) is 20.6 Å². The zero-order chi connectivity index (χ0) is 26.4. The van der Waals surface area contributed by atoms with E-state index in [1.54, 1.807) is 30.8 Å². The molecule has 192 valence electrons. The van der Waals surface area contributed by atoms with Gasteiger partial charge >= 0.3 is 0 Å². The number of pyridine rings is 1. The Balaban J connectivity index is 1.60. The lowest BCUT2D eigenvalue weighted by molar-refractivity contribution is 0.442. The number of aromatic nitrogens is 3. The Hall–Kier alpha value is -4.09. The number of ether oxygens (including phenoxy) is 1. The molecular formula is C26H27FN6O3S. The van der Waals surface area contributed by atoms with Crippen molar-refractivity contribution in [3.63, 3.8) is 0 Å². The zero-order valence-corrected chi connectivity index (χ0v) is 21.5. The molecule has 0 unspecified atom stereocenters. The van der Waals surface area contributed by atoms with Gasteiger partial charge in [0.25, 0.3) is 0 Å². The second kappa shape index (κ2) is 11.3. The van der Waals surface area contributed by atoms with Crippen LogP contribution in [0.2, 0.25) is 0 Å². The van der Waals surface area contributed by atoms with E-state index in [-0.39, 0.29) is 10.7 Å². The van der Waals surface area contributed by atoms with Crippen LogP contribution in [0.5, 0.6) is 11.6 Å². The van der Waals surface area contributed by atoms with Gasteiger partial charge in [0.15, 0.2) is 0 Å². The lowest BCUT2D eigenvalue weighted by atomic mass is 10.2. The van der Waals surface area contributed by atoms with Gasteiger partial charge in [0.2, 0.25) is 15.9 Å². The zero-order valence-electron chi connectivity index (χ0n) is 20.7. The largest absolute Gasteiger partial charge is 0.438 e. The van der Waals surface area contributed by atoms with E-state index in [4.69, 9.17) is 4.74 Å². The Morgan fingerprint density at radius 1 is 1.05 bits per heavy atom. The number of anilines is 1. The van der Waals surface area contributed by atoms with E-state index in [1.165, 1.54) is 40.8 Å². The van der Waals surface area contributed by atoms with Gasteiger partial charge in [0.05, 0.1) is 23.2 Å². The van der Waals surface area contributed by atoms with Crippen molar-refractivity contribution in [2.45, 2.75) is 25.7 Å². The molecule has 0 aliphatic heterocycles. The van der Waals surface area contributed by atoms with Crippen LogP contribution in [0.4, 0.5) is 10.2 Å². The number of aryl methyl sites for hydroxylation is 1. The van der Waals surface area contributed by atoms with Gasteiger partial charge < -0.3 is 4.74 Å². The molecule has 0 amide bonds. The monoisotopic (exact) mass is 522 g/mol. The van der Waals surface area contributed by atoms with Crippen molar-refractivity contribution in [3.8, 4) is 17.3 Å². The highest BCUT2D eigenvalue weighted by Crippen LogP contribution is 2.29. The SMILES string of the molecule is CCN(CC)S(=O)(=O)c1ccc(N/N=C\c2c(C)nn(-c3ccccc3)c2Oc2ccc(F)cc2)nc1. The number of hydrogen-bond donors (Lipinski definition) is 1. The molecule has 0 bridgehead atoms. The molecule has 4 rings (SSSR count). The summed E-state index contributed by atoms with van der Waals surface area (Å²) in [6.07, 6.45) is 2.84. The van der Waals surface area contributed by atoms with Crippen LogP contribution in [0.1, 0.15) is 25.1 Å². The highest BCUT2D eigenvalue weighted by Gasteiger charge is 2.22. The molecule has 2 aromatic heterocycles. The molecular weight excluding hydrogens is 495 g/mol. The minimum atomic E-state index is -3.60. The molecule has 0 atom stereocenters. The van der Waals surface area contributed by atoms with Crippen molar-refractivity contribution >= 4 is 22.1 Å². The quantitative estimate of drug-likeness (QED) is 0.233. The summed E-state index contributed by atoms with van der Waals surface area (Å²) in [6.45, 7) is 6.15. The third-order valence-electron chi connectivity index (χ3n) is 5.54. The van der Waals surface area contributed by atoms with E-state index < -0.39 is 10.0 Å². The van der Waals surface area contributed by atoms with Crippen molar-refractivity contribution in [1.82, 2.24) is 19.1 Å². The maximum Gasteiger partial charge on any atom is 0.244 e. The van der Waals surface area contributed by atoms with E-state index in [1.807, 2.05) is 37.3 Å². The van der Waals surface area contributed by atoms with E-state index in [9.17, 15) is 12.8 Å². The first-order chi connectivity index (χ1) is 17.8. The lowest BCUT2D eigenvalue weighted by Crippen LogP contribution is -2.30. The molecule has 9 nitrogen and oxygen atoms in total. The van der Waals surface area contributed by atoms with E-state index >= 15 is 0 Å². The summed E-state index contributed by atoms with van der Waals surface area (Å²) in [5, 5.41) is 8.87. The van der Waals surface area contributed by atoms with Gasteiger partial charge in [-0.1, -0.05) is 32.0 Å². The van der Waals surface area contributed by atoms with Gasteiger partial charge in [0.1, 0.15) is 22.3 Å². The Morgan fingerprint density at radius 2 is 1.76 bits per heavy atom. The van der Waals surface area contributed by atoms with Gasteiger partial charge in [-0.2, -0.15) is 19.2 Å². The Kier molecular flexibility index (Phi) is 7.95. The number of hydrogen-bond acceptors (Lipinski definition) is 7. The van der Waals surface area contributed by atoms with Crippen LogP contribution in [-0.2, 0) is 10.0 Å². The fraction of sp³-hybridized carbons (Fsp3) is 0.192. The summed E-state index contributed by atoms with van der Waals surface area (Å²) >= 11 is 0. The average Bonchev–Trinajstić information content (AvgIpc) is 3.21. The lowest BCUT2D eigenvalue weighted by Gasteiger charge is -2.18. The molecule has 0 aliphatic rings. The number of sulfonamides is 1. The number of benzene rings is 2. The predicted molar refractivity (Wildman–Crippen MR) is 140 cm³/mol. The molecule has 0 spiro atoms. The van der Waals surface area contributed by atoms with Gasteiger partial charge in [-0.05, 0) is 55.5 Å². The van der Waals surface area contributed by atoms with Crippen molar-refractivity contribution in [3.05, 3.63) is 90.0 Å². The minimum absolute atomic E-state index is 0.112. The van der Waals surface area contributed by atoms with E-state index in [0.717, 1.165) is 5.69 Å². The molecule has 0 fully saturated rings. The number of para-hydroxylation sites is 1. The fourth-order valence-electron chi connectivity index (χ4n) is 3.60. The van der Waals surface area contributed by atoms with Crippen LogP contribution in [0.15, 0.2) is 82.9 Å². The van der Waals surface area contributed by atoms with Crippen LogP contribution in [0.25, 0.3) is 5.69 Å². The number of rotatable bonds is 10. The van der Waals surface area contributed by atoms with Gasteiger partial charge in [0, 0.05) is 19.3 Å². The molecule has 37 heavy (non-hydrogen) atoms. The molecule has 4 aromatic rings. The maximum atomic E-state index is 13.4. The smallest absolute Gasteiger partial charge is 0.244 e.